The van der Waals surface area contributed by atoms with E-state index in [-0.39, 0.29) is 11.6 Å². The molecule has 1 atom stereocenters. The highest BCUT2D eigenvalue weighted by Crippen LogP contribution is 2.26. The van der Waals surface area contributed by atoms with E-state index in [9.17, 15) is 10.1 Å². The molecule has 5 rings (SSSR count). The number of nitrogens with zero attached hydrogens (tertiary/aromatic N) is 4. The summed E-state index contributed by atoms with van der Waals surface area (Å²) in [7, 11) is 0. The maximum atomic E-state index is 13.6. The van der Waals surface area contributed by atoms with Crippen molar-refractivity contribution in [3.63, 3.8) is 0 Å². The summed E-state index contributed by atoms with van der Waals surface area (Å²) in [6.45, 7) is 1.97. The van der Waals surface area contributed by atoms with Gasteiger partial charge in [0.25, 0.3) is 5.56 Å². The Morgan fingerprint density at radius 1 is 1.10 bits per heavy atom. The minimum Gasteiger partial charge on any atom is -0.360 e. The van der Waals surface area contributed by atoms with Gasteiger partial charge in [0.15, 0.2) is 5.82 Å². The molecule has 0 saturated heterocycles. The molecule has 2 aromatic carbocycles. The number of nitrogens with one attached hydrogen (secondary N) is 2. The van der Waals surface area contributed by atoms with Crippen molar-refractivity contribution in [2.75, 3.05) is 5.32 Å². The number of aromatic amines is 1. The monoisotopic (exact) mass is 406 g/mol. The first kappa shape index (κ1) is 18.6. The van der Waals surface area contributed by atoms with Crippen molar-refractivity contribution in [1.29, 1.82) is 5.26 Å². The number of pyridine rings is 2. The molecule has 0 aliphatic heterocycles. The second-order valence-corrected chi connectivity index (χ2v) is 7.25. The number of hydrogen-bond acceptors (Lipinski definition) is 5. The number of H-pyrrole nitrogens is 1. The van der Waals surface area contributed by atoms with Gasteiger partial charge < -0.3 is 10.3 Å². The molecule has 7 heteroatoms. The first-order valence-corrected chi connectivity index (χ1v) is 9.86. The molecule has 0 spiro atoms. The number of rotatable bonds is 4. The molecule has 3 heterocycles. The van der Waals surface area contributed by atoms with Crippen LogP contribution in [0.5, 0.6) is 0 Å². The van der Waals surface area contributed by atoms with E-state index in [0.717, 1.165) is 27.8 Å². The van der Waals surface area contributed by atoms with Crippen LogP contribution in [-0.2, 0) is 0 Å². The van der Waals surface area contributed by atoms with Gasteiger partial charge in [-0.25, -0.2) is 9.97 Å². The molecular formula is C24H18N6O. The average molecular weight is 406 g/mol. The minimum absolute atomic E-state index is 0.226. The standard InChI is InChI=1S/C24H18N6O/c1-15(29-23-22-19(10-11-26-23)27-14-28-22)20-12-16-6-5-7-17(13-25)21(16)24(31)30(20)18-8-3-2-4-9-18/h2-12,14-15H,1H3,(H,26,29)(H,27,28)/t15-/m0/s1. The van der Waals surface area contributed by atoms with Crippen molar-refractivity contribution in [1.82, 2.24) is 19.5 Å². The zero-order chi connectivity index (χ0) is 21.4. The van der Waals surface area contributed by atoms with Crippen molar-refractivity contribution >= 4 is 27.6 Å². The van der Waals surface area contributed by atoms with Crippen LogP contribution in [0.2, 0.25) is 0 Å². The molecule has 0 saturated carbocycles. The van der Waals surface area contributed by atoms with Crippen LogP contribution in [0.4, 0.5) is 5.82 Å². The summed E-state index contributed by atoms with van der Waals surface area (Å²) in [4.78, 5) is 25.5. The fourth-order valence-corrected chi connectivity index (χ4v) is 3.89. The Hall–Kier alpha value is -4.44. The van der Waals surface area contributed by atoms with Gasteiger partial charge in [0.05, 0.1) is 34.9 Å². The molecule has 150 valence electrons. The minimum atomic E-state index is -0.266. The number of fused-ring (bicyclic) bond motifs is 2. The number of para-hydroxylation sites is 1. The van der Waals surface area contributed by atoms with Crippen molar-refractivity contribution in [3.8, 4) is 11.8 Å². The predicted molar refractivity (Wildman–Crippen MR) is 120 cm³/mol. The van der Waals surface area contributed by atoms with Gasteiger partial charge in [-0.05, 0) is 42.6 Å². The van der Waals surface area contributed by atoms with Crippen molar-refractivity contribution in [2.24, 2.45) is 0 Å². The summed E-state index contributed by atoms with van der Waals surface area (Å²) in [5.41, 5.74) is 3.24. The number of aromatic nitrogens is 4. The molecular weight excluding hydrogens is 388 g/mol. The van der Waals surface area contributed by atoms with Crippen LogP contribution < -0.4 is 10.9 Å². The number of imidazole rings is 1. The SMILES string of the molecule is C[C@H](Nc1nccc2[nH]cnc12)c1cc2cccc(C#N)c2c(=O)n1-c1ccccc1. The van der Waals surface area contributed by atoms with E-state index < -0.39 is 0 Å². The number of benzene rings is 2. The van der Waals surface area contributed by atoms with E-state index >= 15 is 0 Å². The van der Waals surface area contributed by atoms with Crippen LogP contribution >= 0.6 is 0 Å². The largest absolute Gasteiger partial charge is 0.360 e. The molecule has 7 nitrogen and oxygen atoms in total. The predicted octanol–water partition coefficient (Wildman–Crippen LogP) is 4.31. The number of hydrogen-bond donors (Lipinski definition) is 2. The Balaban J connectivity index is 1.73. The van der Waals surface area contributed by atoms with E-state index in [1.807, 2.05) is 55.5 Å². The molecule has 0 radical (unpaired) electrons. The lowest BCUT2D eigenvalue weighted by Gasteiger charge is -2.21. The quantitative estimate of drug-likeness (QED) is 0.463. The summed E-state index contributed by atoms with van der Waals surface area (Å²) in [6.07, 6.45) is 3.33. The normalized spacial score (nSPS) is 12.0. The fourth-order valence-electron chi connectivity index (χ4n) is 3.89. The third kappa shape index (κ3) is 3.11. The van der Waals surface area contributed by atoms with E-state index in [2.05, 4.69) is 26.3 Å². The lowest BCUT2D eigenvalue weighted by Crippen LogP contribution is -2.26. The third-order valence-electron chi connectivity index (χ3n) is 5.34. The highest BCUT2D eigenvalue weighted by Gasteiger charge is 2.19. The summed E-state index contributed by atoms with van der Waals surface area (Å²) in [5.74, 6) is 0.629. The van der Waals surface area contributed by atoms with Gasteiger partial charge in [-0.15, -0.1) is 0 Å². The first-order valence-electron chi connectivity index (χ1n) is 9.86. The maximum Gasteiger partial charge on any atom is 0.264 e. The molecule has 2 N–H and O–H groups in total. The first-order chi connectivity index (χ1) is 15.2. The molecule has 0 fully saturated rings. The molecule has 0 bridgehead atoms. The van der Waals surface area contributed by atoms with E-state index in [0.29, 0.717) is 16.8 Å². The highest BCUT2D eigenvalue weighted by atomic mass is 16.1. The highest BCUT2D eigenvalue weighted by molar-refractivity contribution is 5.88. The Kier molecular flexibility index (Phi) is 4.45. The summed E-state index contributed by atoms with van der Waals surface area (Å²) >= 11 is 0. The van der Waals surface area contributed by atoms with Gasteiger partial charge in [0.2, 0.25) is 0 Å². The smallest absolute Gasteiger partial charge is 0.264 e. The van der Waals surface area contributed by atoms with E-state index in [4.69, 9.17) is 0 Å². The summed E-state index contributed by atoms with van der Waals surface area (Å²) in [6, 6.07) is 20.4. The van der Waals surface area contributed by atoms with Crippen LogP contribution in [0.25, 0.3) is 27.5 Å². The Bertz CT molecular complexity index is 1510. The zero-order valence-corrected chi connectivity index (χ0v) is 16.7. The second kappa shape index (κ2) is 7.43. The molecule has 0 aliphatic rings. The lowest BCUT2D eigenvalue weighted by atomic mass is 10.0. The average Bonchev–Trinajstić information content (AvgIpc) is 3.29. The van der Waals surface area contributed by atoms with Gasteiger partial charge in [-0.3, -0.25) is 9.36 Å². The van der Waals surface area contributed by atoms with Gasteiger partial charge in [-0.2, -0.15) is 5.26 Å². The van der Waals surface area contributed by atoms with Crippen LogP contribution in [0.3, 0.4) is 0 Å². The van der Waals surface area contributed by atoms with Crippen LogP contribution in [0, 0.1) is 11.3 Å². The summed E-state index contributed by atoms with van der Waals surface area (Å²) in [5, 5.41) is 14.1. The van der Waals surface area contributed by atoms with Crippen LogP contribution in [0.1, 0.15) is 24.2 Å². The zero-order valence-electron chi connectivity index (χ0n) is 16.7. The topological polar surface area (TPSA) is 99.4 Å². The second-order valence-electron chi connectivity index (χ2n) is 7.25. The molecule has 0 amide bonds. The molecule has 3 aromatic heterocycles. The number of nitriles is 1. The van der Waals surface area contributed by atoms with Gasteiger partial charge >= 0.3 is 0 Å². The molecule has 31 heavy (non-hydrogen) atoms. The molecule has 0 unspecified atom stereocenters. The van der Waals surface area contributed by atoms with Crippen molar-refractivity contribution in [2.45, 2.75) is 13.0 Å². The van der Waals surface area contributed by atoms with Gasteiger partial charge in [-0.1, -0.05) is 30.3 Å². The van der Waals surface area contributed by atoms with E-state index in [1.54, 1.807) is 29.2 Å². The Morgan fingerprint density at radius 2 is 1.94 bits per heavy atom. The lowest BCUT2D eigenvalue weighted by molar-refractivity contribution is 0.774. The number of anilines is 1. The molecule has 0 aliphatic carbocycles. The maximum absolute atomic E-state index is 13.6. The fraction of sp³-hybridized carbons (Fsp3) is 0.0833. The van der Waals surface area contributed by atoms with Gasteiger partial charge in [0.1, 0.15) is 5.52 Å². The van der Waals surface area contributed by atoms with Gasteiger partial charge in [0, 0.05) is 17.6 Å². The van der Waals surface area contributed by atoms with E-state index in [1.165, 1.54) is 0 Å². The van der Waals surface area contributed by atoms with Crippen molar-refractivity contribution < 1.29 is 0 Å². The van der Waals surface area contributed by atoms with Crippen molar-refractivity contribution in [3.05, 3.63) is 94.8 Å². The van der Waals surface area contributed by atoms with Crippen LogP contribution in [0.15, 0.2) is 78.0 Å². The third-order valence-corrected chi connectivity index (χ3v) is 5.34. The summed E-state index contributed by atoms with van der Waals surface area (Å²) < 4.78 is 1.66. The molecule has 5 aromatic rings. The Morgan fingerprint density at radius 3 is 2.74 bits per heavy atom. The Labute approximate surface area is 177 Å². The van der Waals surface area contributed by atoms with Crippen LogP contribution in [-0.4, -0.2) is 19.5 Å².